The normalized spacial score (nSPS) is 16.9. The standard InChI is InChI=1S/C12H18N2/c1-9-3-4-11-5-6-14(8-10(2)13)12(11)7-9/h3-4,7,10H,5-6,8,13H2,1-2H3/t10-/m0/s1. The summed E-state index contributed by atoms with van der Waals surface area (Å²) < 4.78 is 0. The Bertz CT molecular complexity index is 331. The van der Waals surface area contributed by atoms with Gasteiger partial charge in [0, 0.05) is 24.8 Å². The van der Waals surface area contributed by atoms with Crippen molar-refractivity contribution in [2.75, 3.05) is 18.0 Å². The summed E-state index contributed by atoms with van der Waals surface area (Å²) in [5.41, 5.74) is 10.0. The van der Waals surface area contributed by atoms with Crippen LogP contribution in [0.5, 0.6) is 0 Å². The van der Waals surface area contributed by atoms with E-state index >= 15 is 0 Å². The fourth-order valence-corrected chi connectivity index (χ4v) is 2.09. The Hall–Kier alpha value is -1.02. The van der Waals surface area contributed by atoms with Crippen LogP contribution in [0.25, 0.3) is 0 Å². The van der Waals surface area contributed by atoms with Gasteiger partial charge >= 0.3 is 0 Å². The number of anilines is 1. The zero-order valence-electron chi connectivity index (χ0n) is 8.96. The Morgan fingerprint density at radius 1 is 1.50 bits per heavy atom. The van der Waals surface area contributed by atoms with Gasteiger partial charge in [-0.2, -0.15) is 0 Å². The van der Waals surface area contributed by atoms with Gasteiger partial charge in [0.1, 0.15) is 0 Å². The van der Waals surface area contributed by atoms with E-state index in [9.17, 15) is 0 Å². The van der Waals surface area contributed by atoms with Crippen LogP contribution in [0.1, 0.15) is 18.1 Å². The molecule has 2 N–H and O–H groups in total. The first-order chi connectivity index (χ1) is 6.66. The number of aryl methyl sites for hydroxylation is 1. The molecule has 2 nitrogen and oxygen atoms in total. The molecule has 0 unspecified atom stereocenters. The average molecular weight is 190 g/mol. The molecule has 0 fully saturated rings. The lowest BCUT2D eigenvalue weighted by Crippen LogP contribution is -2.34. The monoisotopic (exact) mass is 190 g/mol. The maximum Gasteiger partial charge on any atom is 0.0402 e. The van der Waals surface area contributed by atoms with E-state index in [1.807, 2.05) is 0 Å². The Morgan fingerprint density at radius 3 is 3.00 bits per heavy atom. The number of benzene rings is 1. The van der Waals surface area contributed by atoms with Gasteiger partial charge in [-0.15, -0.1) is 0 Å². The second kappa shape index (κ2) is 3.62. The van der Waals surface area contributed by atoms with Gasteiger partial charge in [-0.3, -0.25) is 0 Å². The van der Waals surface area contributed by atoms with Crippen molar-refractivity contribution in [2.24, 2.45) is 5.73 Å². The van der Waals surface area contributed by atoms with E-state index in [-0.39, 0.29) is 6.04 Å². The molecule has 1 heterocycles. The fraction of sp³-hybridized carbons (Fsp3) is 0.500. The zero-order chi connectivity index (χ0) is 10.1. The minimum absolute atomic E-state index is 0.251. The maximum absolute atomic E-state index is 5.83. The third-order valence-corrected chi connectivity index (χ3v) is 2.74. The summed E-state index contributed by atoms with van der Waals surface area (Å²) in [6, 6.07) is 6.95. The number of rotatable bonds is 2. The van der Waals surface area contributed by atoms with Gasteiger partial charge in [-0.05, 0) is 37.5 Å². The topological polar surface area (TPSA) is 29.3 Å². The molecule has 1 aromatic rings. The van der Waals surface area contributed by atoms with Crippen LogP contribution >= 0.6 is 0 Å². The van der Waals surface area contributed by atoms with E-state index in [1.54, 1.807) is 0 Å². The smallest absolute Gasteiger partial charge is 0.0402 e. The fourth-order valence-electron chi connectivity index (χ4n) is 2.09. The van der Waals surface area contributed by atoms with Gasteiger partial charge in [0.25, 0.3) is 0 Å². The first-order valence-corrected chi connectivity index (χ1v) is 5.27. The predicted octanol–water partition coefficient (Wildman–Crippen LogP) is 1.70. The molecule has 0 saturated carbocycles. The summed E-state index contributed by atoms with van der Waals surface area (Å²) in [6.07, 6.45) is 1.17. The van der Waals surface area contributed by atoms with Gasteiger partial charge < -0.3 is 10.6 Å². The molecule has 1 atom stereocenters. The van der Waals surface area contributed by atoms with Crippen LogP contribution in [-0.2, 0) is 6.42 Å². The minimum atomic E-state index is 0.251. The van der Waals surface area contributed by atoms with E-state index in [2.05, 4.69) is 36.9 Å². The molecule has 0 amide bonds. The Balaban J connectivity index is 2.24. The number of nitrogens with two attached hydrogens (primary N) is 1. The molecule has 1 aliphatic heterocycles. The van der Waals surface area contributed by atoms with Crippen LogP contribution in [0.15, 0.2) is 18.2 Å². The molecular weight excluding hydrogens is 172 g/mol. The summed E-state index contributed by atoms with van der Waals surface area (Å²) in [4.78, 5) is 2.40. The second-order valence-corrected chi connectivity index (χ2v) is 4.31. The van der Waals surface area contributed by atoms with Crippen LogP contribution in [0.2, 0.25) is 0 Å². The van der Waals surface area contributed by atoms with Gasteiger partial charge in [-0.25, -0.2) is 0 Å². The molecule has 0 bridgehead atoms. The summed E-state index contributed by atoms with van der Waals surface area (Å²) in [5.74, 6) is 0. The third-order valence-electron chi connectivity index (χ3n) is 2.74. The molecular formula is C12H18N2. The van der Waals surface area contributed by atoms with Crippen molar-refractivity contribution in [2.45, 2.75) is 26.3 Å². The largest absolute Gasteiger partial charge is 0.369 e. The SMILES string of the molecule is Cc1ccc2c(c1)N(C[C@H](C)N)CC2. The van der Waals surface area contributed by atoms with Crippen molar-refractivity contribution in [1.82, 2.24) is 0 Å². The molecule has 2 rings (SSSR count). The van der Waals surface area contributed by atoms with E-state index < -0.39 is 0 Å². The van der Waals surface area contributed by atoms with E-state index in [0.717, 1.165) is 13.1 Å². The second-order valence-electron chi connectivity index (χ2n) is 4.31. The summed E-state index contributed by atoms with van der Waals surface area (Å²) in [7, 11) is 0. The van der Waals surface area contributed by atoms with Crippen molar-refractivity contribution in [3.05, 3.63) is 29.3 Å². The number of fused-ring (bicyclic) bond motifs is 1. The molecule has 0 aliphatic carbocycles. The van der Waals surface area contributed by atoms with E-state index in [1.165, 1.54) is 23.2 Å². The molecule has 76 valence electrons. The summed E-state index contributed by atoms with van der Waals surface area (Å²) in [6.45, 7) is 6.30. The highest BCUT2D eigenvalue weighted by Crippen LogP contribution is 2.28. The molecule has 1 aliphatic rings. The number of hydrogen-bond acceptors (Lipinski definition) is 2. The highest BCUT2D eigenvalue weighted by Gasteiger charge is 2.19. The van der Waals surface area contributed by atoms with Crippen molar-refractivity contribution in [1.29, 1.82) is 0 Å². The summed E-state index contributed by atoms with van der Waals surface area (Å²) in [5, 5.41) is 0. The number of hydrogen-bond donors (Lipinski definition) is 1. The van der Waals surface area contributed by atoms with Crippen molar-refractivity contribution >= 4 is 5.69 Å². The average Bonchev–Trinajstić information content (AvgIpc) is 2.47. The predicted molar refractivity (Wildman–Crippen MR) is 60.7 cm³/mol. The molecule has 0 saturated heterocycles. The zero-order valence-corrected chi connectivity index (χ0v) is 8.96. The highest BCUT2D eigenvalue weighted by atomic mass is 15.2. The Morgan fingerprint density at radius 2 is 2.29 bits per heavy atom. The first kappa shape index (κ1) is 9.53. The highest BCUT2D eigenvalue weighted by molar-refractivity contribution is 5.59. The lowest BCUT2D eigenvalue weighted by atomic mass is 10.1. The molecule has 2 heteroatoms. The lowest BCUT2D eigenvalue weighted by molar-refractivity contribution is 0.693. The van der Waals surface area contributed by atoms with Gasteiger partial charge in [0.05, 0.1) is 0 Å². The summed E-state index contributed by atoms with van der Waals surface area (Å²) >= 11 is 0. The molecule has 0 radical (unpaired) electrons. The van der Waals surface area contributed by atoms with Crippen LogP contribution in [-0.4, -0.2) is 19.1 Å². The molecule has 0 aromatic heterocycles. The Labute approximate surface area is 85.7 Å². The quantitative estimate of drug-likeness (QED) is 0.769. The van der Waals surface area contributed by atoms with Gasteiger partial charge in [0.15, 0.2) is 0 Å². The minimum Gasteiger partial charge on any atom is -0.369 e. The van der Waals surface area contributed by atoms with Crippen LogP contribution in [0.4, 0.5) is 5.69 Å². The van der Waals surface area contributed by atoms with Crippen molar-refractivity contribution in [3.63, 3.8) is 0 Å². The van der Waals surface area contributed by atoms with Gasteiger partial charge in [0.2, 0.25) is 0 Å². The first-order valence-electron chi connectivity index (χ1n) is 5.27. The van der Waals surface area contributed by atoms with Gasteiger partial charge in [-0.1, -0.05) is 12.1 Å². The maximum atomic E-state index is 5.83. The van der Waals surface area contributed by atoms with E-state index in [0.29, 0.717) is 0 Å². The number of nitrogens with zero attached hydrogens (tertiary/aromatic N) is 1. The lowest BCUT2D eigenvalue weighted by Gasteiger charge is -2.21. The molecule has 14 heavy (non-hydrogen) atoms. The van der Waals surface area contributed by atoms with E-state index in [4.69, 9.17) is 5.73 Å². The van der Waals surface area contributed by atoms with Crippen LogP contribution in [0, 0.1) is 6.92 Å². The van der Waals surface area contributed by atoms with Crippen molar-refractivity contribution < 1.29 is 0 Å². The molecule has 1 aromatic carbocycles. The van der Waals surface area contributed by atoms with Crippen LogP contribution < -0.4 is 10.6 Å². The van der Waals surface area contributed by atoms with Crippen LogP contribution in [0.3, 0.4) is 0 Å². The third kappa shape index (κ3) is 1.75. The molecule has 0 spiro atoms. The Kier molecular flexibility index (Phi) is 2.46. The van der Waals surface area contributed by atoms with Crippen molar-refractivity contribution in [3.8, 4) is 0 Å².